The minimum Gasteiger partial charge on any atom is -0.481 e. The van der Waals surface area contributed by atoms with Crippen LogP contribution < -0.4 is 10.2 Å². The van der Waals surface area contributed by atoms with Crippen molar-refractivity contribution in [2.24, 2.45) is 0 Å². The minimum absolute atomic E-state index is 0.0451. The normalized spacial score (nSPS) is 13.2. The highest BCUT2D eigenvalue weighted by atomic mass is 16.4. The molecule has 1 aliphatic heterocycles. The third-order valence-electron chi connectivity index (χ3n) is 3.98. The number of nitrogens with zero attached hydrogens (tertiary/aromatic N) is 2. The van der Waals surface area contributed by atoms with Gasteiger partial charge in [0.2, 0.25) is 5.91 Å². The number of rotatable bonds is 5. The smallest absolute Gasteiger partial charge is 0.303 e. The van der Waals surface area contributed by atoms with Gasteiger partial charge in [0, 0.05) is 18.7 Å². The molecule has 0 atom stereocenters. The van der Waals surface area contributed by atoms with Gasteiger partial charge in [0.25, 0.3) is 0 Å². The lowest BCUT2D eigenvalue weighted by Gasteiger charge is -2.30. The molecule has 2 N–H and O–H groups in total. The lowest BCUT2D eigenvalue weighted by Crippen LogP contribution is -2.25. The van der Waals surface area contributed by atoms with E-state index in [0.717, 1.165) is 25.2 Å². The van der Waals surface area contributed by atoms with Crippen molar-refractivity contribution < 1.29 is 14.7 Å². The van der Waals surface area contributed by atoms with Gasteiger partial charge in [-0.05, 0) is 36.6 Å². The molecule has 0 unspecified atom stereocenters. The van der Waals surface area contributed by atoms with Crippen molar-refractivity contribution in [3.63, 3.8) is 0 Å². The van der Waals surface area contributed by atoms with E-state index in [1.807, 2.05) is 18.2 Å². The lowest BCUT2D eigenvalue weighted by atomic mass is 10.0. The number of anilines is 3. The van der Waals surface area contributed by atoms with Crippen LogP contribution in [0.2, 0.25) is 0 Å². The van der Waals surface area contributed by atoms with Gasteiger partial charge in [-0.25, -0.2) is 4.98 Å². The summed E-state index contributed by atoms with van der Waals surface area (Å²) in [6, 6.07) is 12.0. The molecule has 0 spiro atoms. The Hall–Kier alpha value is -2.89. The zero-order valence-corrected chi connectivity index (χ0v) is 13.2. The predicted octanol–water partition coefficient (Wildman–Crippen LogP) is 2.97. The molecule has 0 aliphatic carbocycles. The van der Waals surface area contributed by atoms with Gasteiger partial charge in [-0.2, -0.15) is 0 Å². The number of fused-ring (bicyclic) bond motifs is 1. The number of benzene rings is 1. The first-order valence-corrected chi connectivity index (χ1v) is 7.96. The average Bonchev–Trinajstić information content (AvgIpc) is 2.60. The summed E-state index contributed by atoms with van der Waals surface area (Å²) in [7, 11) is 0. The van der Waals surface area contributed by atoms with E-state index in [4.69, 9.17) is 5.11 Å². The number of hydrogen-bond donors (Lipinski definition) is 2. The first kappa shape index (κ1) is 16.0. The molecular formula is C18H19N3O3. The van der Waals surface area contributed by atoms with Gasteiger partial charge in [-0.1, -0.05) is 18.2 Å². The van der Waals surface area contributed by atoms with Gasteiger partial charge < -0.3 is 15.3 Å². The Morgan fingerprint density at radius 3 is 2.75 bits per heavy atom. The van der Waals surface area contributed by atoms with E-state index in [2.05, 4.69) is 27.3 Å². The number of aromatic nitrogens is 1. The molecule has 1 amide bonds. The third kappa shape index (κ3) is 3.71. The number of amides is 1. The lowest BCUT2D eigenvalue weighted by molar-refractivity contribution is -0.138. The molecule has 0 radical (unpaired) electrons. The maximum Gasteiger partial charge on any atom is 0.303 e. The Labute approximate surface area is 140 Å². The Bertz CT molecular complexity index is 743. The van der Waals surface area contributed by atoms with Crippen LogP contribution in [0.5, 0.6) is 0 Å². The summed E-state index contributed by atoms with van der Waals surface area (Å²) in [5, 5.41) is 11.3. The fourth-order valence-electron chi connectivity index (χ4n) is 2.84. The number of carboxylic acids is 1. The van der Waals surface area contributed by atoms with Gasteiger partial charge in [0.15, 0.2) is 0 Å². The highest BCUT2D eigenvalue weighted by molar-refractivity contribution is 5.92. The van der Waals surface area contributed by atoms with Gasteiger partial charge in [-0.15, -0.1) is 0 Å². The second-order valence-corrected chi connectivity index (χ2v) is 5.73. The summed E-state index contributed by atoms with van der Waals surface area (Å²) in [5.74, 6) is -0.469. The Balaban J connectivity index is 1.69. The Kier molecular flexibility index (Phi) is 4.74. The van der Waals surface area contributed by atoms with Gasteiger partial charge >= 0.3 is 5.97 Å². The van der Waals surface area contributed by atoms with E-state index in [9.17, 15) is 9.59 Å². The predicted molar refractivity (Wildman–Crippen MR) is 91.5 cm³/mol. The number of carbonyl (C=O) groups excluding carboxylic acids is 1. The van der Waals surface area contributed by atoms with Crippen LogP contribution in [0, 0.1) is 0 Å². The molecule has 1 aliphatic rings. The zero-order valence-electron chi connectivity index (χ0n) is 13.2. The van der Waals surface area contributed by atoms with E-state index < -0.39 is 5.97 Å². The molecule has 1 aromatic heterocycles. The van der Waals surface area contributed by atoms with Gasteiger partial charge in [-0.3, -0.25) is 9.59 Å². The van der Waals surface area contributed by atoms with E-state index in [-0.39, 0.29) is 18.7 Å². The second kappa shape index (κ2) is 7.12. The number of para-hydroxylation sites is 1. The van der Waals surface area contributed by atoms with E-state index >= 15 is 0 Å². The third-order valence-corrected chi connectivity index (χ3v) is 3.98. The van der Waals surface area contributed by atoms with Crippen LogP contribution in [-0.2, 0) is 16.0 Å². The molecule has 0 saturated carbocycles. The maximum absolute atomic E-state index is 11.7. The summed E-state index contributed by atoms with van der Waals surface area (Å²) in [4.78, 5) is 28.8. The summed E-state index contributed by atoms with van der Waals surface area (Å²) in [5.41, 5.74) is 3.06. The summed E-state index contributed by atoms with van der Waals surface area (Å²) in [6.45, 7) is 0.911. The monoisotopic (exact) mass is 325 g/mol. The van der Waals surface area contributed by atoms with Crippen molar-refractivity contribution in [3.05, 3.63) is 48.2 Å². The molecule has 0 saturated heterocycles. The number of nitrogens with one attached hydrogen (secondary N) is 1. The first-order valence-electron chi connectivity index (χ1n) is 7.96. The van der Waals surface area contributed by atoms with Gasteiger partial charge in [0.1, 0.15) is 5.82 Å². The minimum atomic E-state index is -0.984. The van der Waals surface area contributed by atoms with Crippen molar-refractivity contribution in [2.75, 3.05) is 16.8 Å². The highest BCUT2D eigenvalue weighted by Gasteiger charge is 2.18. The van der Waals surface area contributed by atoms with Crippen molar-refractivity contribution in [2.45, 2.75) is 25.7 Å². The van der Waals surface area contributed by atoms with Crippen LogP contribution in [0.1, 0.15) is 24.8 Å². The van der Waals surface area contributed by atoms with E-state index in [1.165, 1.54) is 11.3 Å². The second-order valence-electron chi connectivity index (χ2n) is 5.73. The van der Waals surface area contributed by atoms with Crippen LogP contribution in [0.3, 0.4) is 0 Å². The van der Waals surface area contributed by atoms with Crippen molar-refractivity contribution in [3.8, 4) is 0 Å². The Morgan fingerprint density at radius 2 is 2.00 bits per heavy atom. The quantitative estimate of drug-likeness (QED) is 0.883. The molecular weight excluding hydrogens is 306 g/mol. The number of pyridine rings is 1. The average molecular weight is 325 g/mol. The number of carbonyl (C=O) groups is 2. The molecule has 6 heteroatoms. The molecule has 3 rings (SSSR count). The topological polar surface area (TPSA) is 82.5 Å². The summed E-state index contributed by atoms with van der Waals surface area (Å²) < 4.78 is 0. The molecule has 0 bridgehead atoms. The van der Waals surface area contributed by atoms with Crippen LogP contribution >= 0.6 is 0 Å². The fraction of sp³-hybridized carbons (Fsp3) is 0.278. The standard InChI is InChI=1S/C18H19N3O3/c22-17(9-10-18(23)24)20-14-7-8-16(19-12-14)21-11-3-5-13-4-1-2-6-15(13)21/h1-2,4,6-8,12H,3,5,9-11H2,(H,20,22)(H,23,24). The molecule has 0 fully saturated rings. The summed E-state index contributed by atoms with van der Waals surface area (Å²) >= 11 is 0. The molecule has 124 valence electrons. The summed E-state index contributed by atoms with van der Waals surface area (Å²) in [6.07, 6.45) is 3.53. The van der Waals surface area contributed by atoms with Crippen LogP contribution in [0.25, 0.3) is 0 Å². The number of aryl methyl sites for hydroxylation is 1. The highest BCUT2D eigenvalue weighted by Crippen LogP contribution is 2.32. The van der Waals surface area contributed by atoms with Gasteiger partial charge in [0.05, 0.1) is 18.3 Å². The first-order chi connectivity index (χ1) is 11.6. The Morgan fingerprint density at radius 1 is 1.17 bits per heavy atom. The molecule has 2 aromatic rings. The maximum atomic E-state index is 11.7. The van der Waals surface area contributed by atoms with E-state index in [0.29, 0.717) is 5.69 Å². The number of aliphatic carboxylic acids is 1. The van der Waals surface area contributed by atoms with E-state index in [1.54, 1.807) is 12.3 Å². The molecule has 24 heavy (non-hydrogen) atoms. The van der Waals surface area contributed by atoms with Crippen LogP contribution in [0.4, 0.5) is 17.2 Å². The van der Waals surface area contributed by atoms with Crippen molar-refractivity contribution >= 4 is 29.1 Å². The zero-order chi connectivity index (χ0) is 16.9. The van der Waals surface area contributed by atoms with Crippen molar-refractivity contribution in [1.82, 2.24) is 4.98 Å². The molecule has 2 heterocycles. The number of carboxylic acid groups (broad SMARTS) is 1. The van der Waals surface area contributed by atoms with Crippen molar-refractivity contribution in [1.29, 1.82) is 0 Å². The SMILES string of the molecule is O=C(O)CCC(=O)Nc1ccc(N2CCCc3ccccc32)nc1. The largest absolute Gasteiger partial charge is 0.481 e. The van der Waals surface area contributed by atoms with Crippen LogP contribution in [-0.4, -0.2) is 28.5 Å². The van der Waals surface area contributed by atoms with Crippen LogP contribution in [0.15, 0.2) is 42.6 Å². The molecule has 1 aromatic carbocycles. The molecule has 6 nitrogen and oxygen atoms in total. The fourth-order valence-corrected chi connectivity index (χ4v) is 2.84. The number of hydrogen-bond acceptors (Lipinski definition) is 4.